The van der Waals surface area contributed by atoms with Gasteiger partial charge in [-0.1, -0.05) is 6.07 Å². The van der Waals surface area contributed by atoms with Gasteiger partial charge in [0.05, 0.1) is 16.6 Å². The monoisotopic (exact) mass is 292 g/mol. The fourth-order valence-electron chi connectivity index (χ4n) is 1.66. The zero-order valence-electron chi connectivity index (χ0n) is 10.5. The number of carbonyl (C=O) groups is 1. The molecular formula is C14H13FN2O2S. The Balaban J connectivity index is 2.19. The molecule has 1 unspecified atom stereocenters. The summed E-state index contributed by atoms with van der Waals surface area (Å²) in [4.78, 5) is 11.5. The van der Waals surface area contributed by atoms with Crippen LogP contribution >= 0.6 is 0 Å². The first-order chi connectivity index (χ1) is 9.47. The smallest absolute Gasteiger partial charge is 0.248 e. The van der Waals surface area contributed by atoms with Crippen LogP contribution in [-0.4, -0.2) is 10.1 Å². The average molecular weight is 292 g/mol. The molecule has 0 bridgehead atoms. The number of primary amides is 1. The van der Waals surface area contributed by atoms with Gasteiger partial charge in [0.2, 0.25) is 5.91 Å². The summed E-state index contributed by atoms with van der Waals surface area (Å²) in [6.07, 6.45) is 0. The first kappa shape index (κ1) is 14.2. The number of nitrogens with two attached hydrogens (primary N) is 2. The summed E-state index contributed by atoms with van der Waals surface area (Å²) in [7, 11) is -1.38. The lowest BCUT2D eigenvalue weighted by molar-refractivity contribution is 0.1000. The molecule has 0 aliphatic rings. The van der Waals surface area contributed by atoms with Crippen LogP contribution in [0.1, 0.15) is 15.9 Å². The highest BCUT2D eigenvalue weighted by atomic mass is 32.2. The minimum absolute atomic E-state index is 0.0226. The minimum Gasteiger partial charge on any atom is -0.399 e. The molecule has 2 rings (SSSR count). The van der Waals surface area contributed by atoms with Crippen LogP contribution in [-0.2, 0) is 16.6 Å². The molecule has 0 aromatic heterocycles. The Bertz CT molecular complexity index is 671. The van der Waals surface area contributed by atoms with Gasteiger partial charge in [-0.15, -0.1) is 0 Å². The Morgan fingerprint density at radius 1 is 1.15 bits per heavy atom. The number of anilines is 1. The van der Waals surface area contributed by atoms with Gasteiger partial charge in [-0.2, -0.15) is 0 Å². The van der Waals surface area contributed by atoms with Crippen LogP contribution in [0.15, 0.2) is 47.4 Å². The van der Waals surface area contributed by atoms with Crippen molar-refractivity contribution in [3.63, 3.8) is 0 Å². The average Bonchev–Trinajstić information content (AvgIpc) is 2.41. The number of hydrogen-bond donors (Lipinski definition) is 2. The van der Waals surface area contributed by atoms with E-state index in [4.69, 9.17) is 11.5 Å². The third kappa shape index (κ3) is 3.21. The van der Waals surface area contributed by atoms with Crippen molar-refractivity contribution >= 4 is 22.4 Å². The van der Waals surface area contributed by atoms with E-state index in [1.807, 2.05) is 0 Å². The van der Waals surface area contributed by atoms with Crippen molar-refractivity contribution in [2.24, 2.45) is 5.73 Å². The maximum absolute atomic E-state index is 13.8. The molecule has 0 heterocycles. The molecule has 0 fully saturated rings. The molecule has 1 atom stereocenters. The Labute approximate surface area is 118 Å². The summed E-state index contributed by atoms with van der Waals surface area (Å²) in [5, 5.41) is 0. The summed E-state index contributed by atoms with van der Waals surface area (Å²) < 4.78 is 25.9. The van der Waals surface area contributed by atoms with Crippen LogP contribution in [0, 0.1) is 5.82 Å². The second kappa shape index (κ2) is 5.83. The lowest BCUT2D eigenvalue weighted by Gasteiger charge is -2.05. The van der Waals surface area contributed by atoms with Crippen LogP contribution in [0.5, 0.6) is 0 Å². The molecule has 4 N–H and O–H groups in total. The molecule has 2 aromatic rings. The van der Waals surface area contributed by atoms with Crippen molar-refractivity contribution in [2.75, 3.05) is 5.73 Å². The highest BCUT2D eigenvalue weighted by Crippen LogP contribution is 2.17. The second-order valence-electron chi connectivity index (χ2n) is 4.23. The van der Waals surface area contributed by atoms with E-state index in [-0.39, 0.29) is 16.9 Å². The fraction of sp³-hybridized carbons (Fsp3) is 0.0714. The molecule has 20 heavy (non-hydrogen) atoms. The summed E-state index contributed by atoms with van der Waals surface area (Å²) in [5.41, 5.74) is 11.5. The molecule has 0 saturated heterocycles. The largest absolute Gasteiger partial charge is 0.399 e. The van der Waals surface area contributed by atoms with E-state index in [2.05, 4.69) is 0 Å². The van der Waals surface area contributed by atoms with Gasteiger partial charge in [-0.05, 0) is 36.4 Å². The molecule has 0 radical (unpaired) electrons. The third-order valence-corrected chi connectivity index (χ3v) is 4.14. The van der Waals surface area contributed by atoms with Gasteiger partial charge >= 0.3 is 0 Å². The number of carbonyl (C=O) groups excluding carboxylic acids is 1. The molecule has 0 saturated carbocycles. The van der Waals surface area contributed by atoms with E-state index in [0.717, 1.165) is 6.07 Å². The van der Waals surface area contributed by atoms with E-state index >= 15 is 0 Å². The summed E-state index contributed by atoms with van der Waals surface area (Å²) in [6.45, 7) is 0. The molecule has 104 valence electrons. The van der Waals surface area contributed by atoms with Gasteiger partial charge in [-0.3, -0.25) is 9.00 Å². The summed E-state index contributed by atoms with van der Waals surface area (Å²) in [5.74, 6) is -1.27. The normalized spacial score (nSPS) is 12.1. The SMILES string of the molecule is NC(=O)c1ccc(CS(=O)c2ccc(N)cc2)c(F)c1. The third-order valence-electron chi connectivity index (χ3n) is 2.77. The standard InChI is InChI=1S/C14H13FN2O2S/c15-13-7-9(14(17)18)1-2-10(13)8-20(19)12-5-3-11(16)4-6-12/h1-7H,8,16H2,(H2,17,18). The highest BCUT2D eigenvalue weighted by molar-refractivity contribution is 7.84. The van der Waals surface area contributed by atoms with Gasteiger partial charge in [0.15, 0.2) is 0 Å². The minimum atomic E-state index is -1.38. The maximum atomic E-state index is 13.8. The van der Waals surface area contributed by atoms with Crippen LogP contribution in [0.3, 0.4) is 0 Å². The molecule has 0 aliphatic heterocycles. The van der Waals surface area contributed by atoms with Crippen molar-refractivity contribution in [3.8, 4) is 0 Å². The zero-order valence-corrected chi connectivity index (χ0v) is 11.3. The van der Waals surface area contributed by atoms with Crippen molar-refractivity contribution in [1.29, 1.82) is 0 Å². The Morgan fingerprint density at radius 2 is 1.80 bits per heavy atom. The molecule has 4 nitrogen and oxygen atoms in total. The first-order valence-corrected chi connectivity index (χ1v) is 7.11. The predicted molar refractivity (Wildman–Crippen MR) is 75.9 cm³/mol. The number of amides is 1. The molecular weight excluding hydrogens is 279 g/mol. The first-order valence-electron chi connectivity index (χ1n) is 5.79. The van der Waals surface area contributed by atoms with Gasteiger partial charge in [0.1, 0.15) is 5.82 Å². The lowest BCUT2D eigenvalue weighted by Crippen LogP contribution is -2.11. The Morgan fingerprint density at radius 3 is 2.35 bits per heavy atom. The van der Waals surface area contributed by atoms with E-state index in [0.29, 0.717) is 10.6 Å². The highest BCUT2D eigenvalue weighted by Gasteiger charge is 2.11. The van der Waals surface area contributed by atoms with Crippen LogP contribution in [0.4, 0.5) is 10.1 Å². The van der Waals surface area contributed by atoms with Gasteiger partial charge in [0.25, 0.3) is 0 Å². The van der Waals surface area contributed by atoms with Crippen molar-refractivity contribution in [2.45, 2.75) is 10.6 Å². The van der Waals surface area contributed by atoms with E-state index in [9.17, 15) is 13.4 Å². The van der Waals surface area contributed by atoms with Crippen molar-refractivity contribution < 1.29 is 13.4 Å². The number of hydrogen-bond acceptors (Lipinski definition) is 3. The molecule has 0 aliphatic carbocycles. The summed E-state index contributed by atoms with van der Waals surface area (Å²) >= 11 is 0. The van der Waals surface area contributed by atoms with Crippen LogP contribution < -0.4 is 11.5 Å². The van der Waals surface area contributed by atoms with Gasteiger partial charge in [-0.25, -0.2) is 4.39 Å². The molecule has 1 amide bonds. The number of nitrogen functional groups attached to an aromatic ring is 1. The second-order valence-corrected chi connectivity index (χ2v) is 5.68. The lowest BCUT2D eigenvalue weighted by atomic mass is 10.1. The van der Waals surface area contributed by atoms with E-state index in [1.165, 1.54) is 12.1 Å². The number of rotatable bonds is 4. The van der Waals surface area contributed by atoms with Crippen molar-refractivity contribution in [1.82, 2.24) is 0 Å². The Kier molecular flexibility index (Phi) is 4.14. The van der Waals surface area contributed by atoms with E-state index in [1.54, 1.807) is 24.3 Å². The fourth-order valence-corrected chi connectivity index (χ4v) is 2.78. The predicted octanol–water partition coefficient (Wildman–Crippen LogP) is 1.81. The topological polar surface area (TPSA) is 86.2 Å². The van der Waals surface area contributed by atoms with Gasteiger partial charge in [0, 0.05) is 21.7 Å². The van der Waals surface area contributed by atoms with Crippen LogP contribution in [0.2, 0.25) is 0 Å². The number of halogens is 1. The van der Waals surface area contributed by atoms with Crippen molar-refractivity contribution in [3.05, 3.63) is 59.4 Å². The maximum Gasteiger partial charge on any atom is 0.248 e. The van der Waals surface area contributed by atoms with Crippen LogP contribution in [0.25, 0.3) is 0 Å². The molecule has 6 heteroatoms. The zero-order chi connectivity index (χ0) is 14.7. The number of benzene rings is 2. The molecule has 0 spiro atoms. The Hall–Kier alpha value is -2.21. The summed E-state index contributed by atoms with van der Waals surface area (Å²) in [6, 6.07) is 10.4. The van der Waals surface area contributed by atoms with Gasteiger partial charge < -0.3 is 11.5 Å². The quantitative estimate of drug-likeness (QED) is 0.843. The van der Waals surface area contributed by atoms with E-state index < -0.39 is 22.5 Å². The molecule has 2 aromatic carbocycles.